The lowest BCUT2D eigenvalue weighted by atomic mass is 9.95. The van der Waals surface area contributed by atoms with Gasteiger partial charge in [0.05, 0.1) is 18.1 Å². The van der Waals surface area contributed by atoms with E-state index in [-0.39, 0.29) is 5.92 Å². The zero-order valence-electron chi connectivity index (χ0n) is 13.1. The van der Waals surface area contributed by atoms with Crippen molar-refractivity contribution in [2.75, 3.05) is 27.2 Å². The maximum atomic E-state index is 12.1. The van der Waals surface area contributed by atoms with E-state index in [0.29, 0.717) is 24.7 Å². The number of hydrogen-bond donors (Lipinski definition) is 0. The van der Waals surface area contributed by atoms with Crippen molar-refractivity contribution in [1.29, 1.82) is 0 Å². The number of rotatable bonds is 4. The van der Waals surface area contributed by atoms with Crippen LogP contribution in [0.4, 0.5) is 0 Å². The first kappa shape index (κ1) is 16.0. The van der Waals surface area contributed by atoms with E-state index in [2.05, 4.69) is 15.0 Å². The number of oxazole rings is 1. The number of hydrogen-bond acceptors (Lipinski definition) is 6. The highest BCUT2D eigenvalue weighted by Crippen LogP contribution is 2.29. The molecule has 0 saturated carbocycles. The second kappa shape index (κ2) is 6.34. The molecule has 0 N–H and O–H groups in total. The van der Waals surface area contributed by atoms with E-state index in [1.165, 1.54) is 14.9 Å². The highest BCUT2D eigenvalue weighted by atomic mass is 32.2. The van der Waals surface area contributed by atoms with Gasteiger partial charge >= 0.3 is 0 Å². The van der Waals surface area contributed by atoms with Crippen LogP contribution in [0, 0.1) is 0 Å². The van der Waals surface area contributed by atoms with Crippen LogP contribution in [0.3, 0.4) is 0 Å². The van der Waals surface area contributed by atoms with Crippen molar-refractivity contribution in [3.8, 4) is 11.6 Å². The molecule has 2 aromatic heterocycles. The molecule has 9 heteroatoms. The molecule has 0 spiro atoms. The van der Waals surface area contributed by atoms with Gasteiger partial charge in [0, 0.05) is 39.3 Å². The van der Waals surface area contributed by atoms with Gasteiger partial charge in [0.1, 0.15) is 12.0 Å². The van der Waals surface area contributed by atoms with Crippen LogP contribution in [0.5, 0.6) is 0 Å². The number of aromatic nitrogens is 3. The van der Waals surface area contributed by atoms with Gasteiger partial charge in [-0.15, -0.1) is 0 Å². The third-order valence-corrected chi connectivity index (χ3v) is 5.91. The Hall–Kier alpha value is -1.84. The van der Waals surface area contributed by atoms with E-state index in [0.717, 1.165) is 18.5 Å². The molecule has 124 valence electrons. The molecule has 0 atom stereocenters. The maximum Gasteiger partial charge on any atom is 0.281 e. The molecule has 23 heavy (non-hydrogen) atoms. The minimum Gasteiger partial charge on any atom is -0.443 e. The molecule has 0 amide bonds. The standard InChI is InChI=1S/C14H19N5O3S/c1-18(2)23(20,21)19-6-3-11(4-7-19)12-9-15-10-13(17-12)14-16-5-8-22-14/h5,8-11H,3-4,6-7H2,1-2H3. The minimum absolute atomic E-state index is 0.186. The van der Waals surface area contributed by atoms with Crippen LogP contribution in [0.2, 0.25) is 0 Å². The minimum atomic E-state index is -3.34. The first-order chi connectivity index (χ1) is 11.0. The molecular weight excluding hydrogens is 318 g/mol. The van der Waals surface area contributed by atoms with E-state index in [1.54, 1.807) is 32.7 Å². The monoisotopic (exact) mass is 337 g/mol. The van der Waals surface area contributed by atoms with Crippen molar-refractivity contribution in [3.05, 3.63) is 30.5 Å². The Morgan fingerprint density at radius 3 is 2.61 bits per heavy atom. The Kier molecular flexibility index (Phi) is 4.42. The Bertz CT molecular complexity index is 752. The lowest BCUT2D eigenvalue weighted by Crippen LogP contribution is -2.44. The molecule has 0 aromatic carbocycles. The predicted molar refractivity (Wildman–Crippen MR) is 83.7 cm³/mol. The van der Waals surface area contributed by atoms with Crippen LogP contribution in [-0.4, -0.2) is 59.2 Å². The quantitative estimate of drug-likeness (QED) is 0.830. The smallest absolute Gasteiger partial charge is 0.281 e. The lowest BCUT2D eigenvalue weighted by molar-refractivity contribution is 0.300. The van der Waals surface area contributed by atoms with Crippen LogP contribution >= 0.6 is 0 Å². The molecule has 1 fully saturated rings. The van der Waals surface area contributed by atoms with Gasteiger partial charge in [-0.2, -0.15) is 17.0 Å². The van der Waals surface area contributed by atoms with E-state index in [9.17, 15) is 8.42 Å². The largest absolute Gasteiger partial charge is 0.443 e. The normalized spacial score (nSPS) is 17.7. The Morgan fingerprint density at radius 1 is 1.26 bits per heavy atom. The third kappa shape index (κ3) is 3.26. The van der Waals surface area contributed by atoms with E-state index >= 15 is 0 Å². The van der Waals surface area contributed by atoms with Gasteiger partial charge in [-0.1, -0.05) is 0 Å². The van der Waals surface area contributed by atoms with Crippen molar-refractivity contribution in [2.24, 2.45) is 0 Å². The van der Waals surface area contributed by atoms with Crippen molar-refractivity contribution >= 4 is 10.2 Å². The van der Waals surface area contributed by atoms with Crippen molar-refractivity contribution < 1.29 is 12.8 Å². The molecule has 8 nitrogen and oxygen atoms in total. The molecule has 1 aliphatic heterocycles. The van der Waals surface area contributed by atoms with E-state index in [1.807, 2.05) is 0 Å². The van der Waals surface area contributed by atoms with Crippen molar-refractivity contribution in [1.82, 2.24) is 23.6 Å². The average molecular weight is 337 g/mol. The van der Waals surface area contributed by atoms with E-state index < -0.39 is 10.2 Å². The molecule has 1 saturated heterocycles. The molecule has 0 radical (unpaired) electrons. The molecular formula is C14H19N5O3S. The molecule has 0 bridgehead atoms. The van der Waals surface area contributed by atoms with Gasteiger partial charge in [0.15, 0.2) is 0 Å². The summed E-state index contributed by atoms with van der Waals surface area (Å²) in [7, 11) is -0.247. The summed E-state index contributed by atoms with van der Waals surface area (Å²) in [4.78, 5) is 12.8. The Morgan fingerprint density at radius 2 is 2.00 bits per heavy atom. The Labute approximate surface area is 135 Å². The molecule has 2 aromatic rings. The van der Waals surface area contributed by atoms with Crippen LogP contribution in [0.1, 0.15) is 24.5 Å². The van der Waals surface area contributed by atoms with Gasteiger partial charge in [0.2, 0.25) is 5.89 Å². The first-order valence-electron chi connectivity index (χ1n) is 7.38. The SMILES string of the molecule is CN(C)S(=O)(=O)N1CCC(c2cncc(-c3ncco3)n2)CC1. The fourth-order valence-electron chi connectivity index (χ4n) is 2.64. The number of piperidine rings is 1. The summed E-state index contributed by atoms with van der Waals surface area (Å²) in [5.41, 5.74) is 1.44. The molecule has 3 rings (SSSR count). The summed E-state index contributed by atoms with van der Waals surface area (Å²) >= 11 is 0. The van der Waals surface area contributed by atoms with Gasteiger partial charge in [-0.25, -0.2) is 9.97 Å². The van der Waals surface area contributed by atoms with Crippen LogP contribution in [-0.2, 0) is 10.2 Å². The number of nitrogens with zero attached hydrogens (tertiary/aromatic N) is 5. The van der Waals surface area contributed by atoms with Crippen LogP contribution < -0.4 is 0 Å². The first-order valence-corrected chi connectivity index (χ1v) is 8.77. The zero-order chi connectivity index (χ0) is 16.4. The van der Waals surface area contributed by atoms with Crippen LogP contribution in [0.25, 0.3) is 11.6 Å². The molecule has 0 aliphatic carbocycles. The zero-order valence-corrected chi connectivity index (χ0v) is 13.9. The molecule has 0 unspecified atom stereocenters. The van der Waals surface area contributed by atoms with Gasteiger partial charge in [-0.3, -0.25) is 4.98 Å². The average Bonchev–Trinajstić information content (AvgIpc) is 3.09. The summed E-state index contributed by atoms with van der Waals surface area (Å²) in [6, 6.07) is 0. The van der Waals surface area contributed by atoms with Gasteiger partial charge in [-0.05, 0) is 12.8 Å². The summed E-state index contributed by atoms with van der Waals surface area (Å²) < 4.78 is 32.3. The second-order valence-corrected chi connectivity index (χ2v) is 7.77. The highest BCUT2D eigenvalue weighted by molar-refractivity contribution is 7.86. The van der Waals surface area contributed by atoms with Gasteiger partial charge < -0.3 is 4.42 Å². The Balaban J connectivity index is 1.72. The van der Waals surface area contributed by atoms with Crippen LogP contribution in [0.15, 0.2) is 29.3 Å². The van der Waals surface area contributed by atoms with E-state index in [4.69, 9.17) is 4.42 Å². The second-order valence-electron chi connectivity index (χ2n) is 5.63. The summed E-state index contributed by atoms with van der Waals surface area (Å²) in [6.45, 7) is 0.964. The lowest BCUT2D eigenvalue weighted by Gasteiger charge is -2.32. The fourth-order valence-corrected chi connectivity index (χ4v) is 3.78. The third-order valence-electron chi connectivity index (χ3n) is 3.96. The topological polar surface area (TPSA) is 92.4 Å². The highest BCUT2D eigenvalue weighted by Gasteiger charge is 2.30. The molecule has 1 aliphatic rings. The fraction of sp³-hybridized carbons (Fsp3) is 0.500. The summed E-state index contributed by atoms with van der Waals surface area (Å²) in [5, 5.41) is 0. The predicted octanol–water partition coefficient (Wildman–Crippen LogP) is 1.12. The van der Waals surface area contributed by atoms with Crippen molar-refractivity contribution in [2.45, 2.75) is 18.8 Å². The van der Waals surface area contributed by atoms with Gasteiger partial charge in [0.25, 0.3) is 10.2 Å². The maximum absolute atomic E-state index is 12.1. The summed E-state index contributed by atoms with van der Waals surface area (Å²) in [5.74, 6) is 0.623. The van der Waals surface area contributed by atoms with Crippen molar-refractivity contribution in [3.63, 3.8) is 0 Å². The summed E-state index contributed by atoms with van der Waals surface area (Å²) in [6.07, 6.45) is 7.84. The molecule has 3 heterocycles.